The molecule has 8 N–H and O–H groups in total. The van der Waals surface area contributed by atoms with Gasteiger partial charge in [-0.05, 0) is 36.4 Å². The van der Waals surface area contributed by atoms with Gasteiger partial charge in [0.25, 0.3) is 0 Å². The molecule has 0 radical (unpaired) electrons. The Bertz CT molecular complexity index is 1400. The van der Waals surface area contributed by atoms with Crippen molar-refractivity contribution in [3.05, 3.63) is 69.8 Å². The maximum atomic E-state index is 12.2. The molecular weight excluding hydrogens is 576 g/mol. The second-order valence-corrected chi connectivity index (χ2v) is 7.90. The molecule has 0 spiro atoms. The Hall–Kier alpha value is -6.17. The lowest BCUT2D eigenvalue weighted by atomic mass is 9.96. The first kappa shape index (κ1) is 33.9. The number of carboxylic acid groups (broad SMARTS) is 7. The molecule has 0 aliphatic heterocycles. The van der Waals surface area contributed by atoms with Crippen molar-refractivity contribution in [2.75, 3.05) is 0 Å². The van der Waals surface area contributed by atoms with Crippen molar-refractivity contribution in [3.8, 4) is 0 Å². The zero-order valence-corrected chi connectivity index (χ0v) is 20.5. The molecule has 0 aromatic heterocycles. The summed E-state index contributed by atoms with van der Waals surface area (Å²) in [5.41, 5.74) is -6.38. The highest BCUT2D eigenvalue weighted by Crippen LogP contribution is 2.18. The van der Waals surface area contributed by atoms with Crippen molar-refractivity contribution in [1.82, 2.24) is 0 Å². The number of carboxylic acids is 7. The molecule has 42 heavy (non-hydrogen) atoms. The second kappa shape index (κ2) is 13.8. The Morgan fingerprint density at radius 1 is 0.524 bits per heavy atom. The minimum absolute atomic E-state index is 0.428. The highest BCUT2D eigenvalue weighted by molar-refractivity contribution is 6.11. The molecule has 0 saturated heterocycles. The highest BCUT2D eigenvalue weighted by atomic mass is 16.6. The molecule has 0 amide bonds. The van der Waals surface area contributed by atoms with Gasteiger partial charge in [-0.25, -0.2) is 33.6 Å². The molecule has 18 heteroatoms. The third-order valence-corrected chi connectivity index (χ3v) is 4.90. The van der Waals surface area contributed by atoms with Crippen molar-refractivity contribution >= 4 is 53.7 Å². The summed E-state index contributed by atoms with van der Waals surface area (Å²) < 4.78 is 4.51. The van der Waals surface area contributed by atoms with Gasteiger partial charge in [0.1, 0.15) is 0 Å². The summed E-state index contributed by atoms with van der Waals surface area (Å²) in [6.45, 7) is 0. The highest BCUT2D eigenvalue weighted by Gasteiger charge is 2.40. The van der Waals surface area contributed by atoms with E-state index in [0.29, 0.717) is 12.1 Å². The van der Waals surface area contributed by atoms with Crippen LogP contribution in [-0.2, 0) is 19.1 Å². The van der Waals surface area contributed by atoms with Crippen molar-refractivity contribution in [2.45, 2.75) is 18.4 Å². The van der Waals surface area contributed by atoms with Crippen LogP contribution in [0.3, 0.4) is 0 Å². The largest absolute Gasteiger partial charge is 0.481 e. The maximum Gasteiger partial charge on any atom is 0.346 e. The molecular formula is C24H18O18. The first-order valence-electron chi connectivity index (χ1n) is 10.7. The van der Waals surface area contributed by atoms with Crippen LogP contribution in [0.25, 0.3) is 0 Å². The van der Waals surface area contributed by atoms with E-state index in [0.717, 1.165) is 24.3 Å². The quantitative estimate of drug-likeness (QED) is 0.127. The van der Waals surface area contributed by atoms with Gasteiger partial charge < -0.3 is 45.6 Å². The summed E-state index contributed by atoms with van der Waals surface area (Å²) in [5, 5.41) is 69.9. The van der Waals surface area contributed by atoms with E-state index in [1.165, 1.54) is 0 Å². The van der Waals surface area contributed by atoms with Gasteiger partial charge in [0.05, 0.1) is 46.2 Å². The van der Waals surface area contributed by atoms with Gasteiger partial charge in [-0.3, -0.25) is 9.59 Å². The van der Waals surface area contributed by atoms with Gasteiger partial charge >= 0.3 is 53.7 Å². The number of hydrogen-bond donors (Lipinski definition) is 8. The Labute approximate surface area is 231 Å². The molecule has 18 nitrogen and oxygen atoms in total. The summed E-state index contributed by atoms with van der Waals surface area (Å²) in [7, 11) is 0. The van der Waals surface area contributed by atoms with Gasteiger partial charge in [-0.1, -0.05) is 0 Å². The molecule has 2 aromatic carbocycles. The molecule has 0 saturated carbocycles. The lowest BCUT2D eigenvalue weighted by Gasteiger charge is -2.18. The lowest BCUT2D eigenvalue weighted by Crippen LogP contribution is -2.42. The number of aromatic carboxylic acids is 4. The molecule has 0 heterocycles. The van der Waals surface area contributed by atoms with E-state index in [2.05, 4.69) is 4.74 Å². The molecule has 0 fully saturated rings. The number of aliphatic carboxylic acids is 3. The summed E-state index contributed by atoms with van der Waals surface area (Å²) in [5.74, 6) is -14.2. The van der Waals surface area contributed by atoms with Gasteiger partial charge in [-0.15, -0.1) is 0 Å². The Kier molecular flexibility index (Phi) is 11.1. The number of rotatable bonds is 11. The monoisotopic (exact) mass is 594 g/mol. The predicted octanol–water partition coefficient (Wildman–Crippen LogP) is 0.228. The number of carbonyl (C=O) groups is 9. The van der Waals surface area contributed by atoms with Crippen LogP contribution in [0.1, 0.15) is 75.0 Å². The van der Waals surface area contributed by atoms with Crippen molar-refractivity contribution in [2.24, 2.45) is 0 Å². The topological polar surface area (TPSA) is 325 Å². The fourth-order valence-corrected chi connectivity index (χ4v) is 2.97. The molecule has 0 unspecified atom stereocenters. The van der Waals surface area contributed by atoms with Gasteiger partial charge in [0, 0.05) is 0 Å². The van der Waals surface area contributed by atoms with Crippen molar-refractivity contribution in [3.63, 3.8) is 0 Å². The minimum atomic E-state index is -2.74. The van der Waals surface area contributed by atoms with E-state index in [1.807, 2.05) is 0 Å². The van der Waals surface area contributed by atoms with Crippen LogP contribution in [0.5, 0.6) is 0 Å². The van der Waals surface area contributed by atoms with Crippen LogP contribution < -0.4 is 0 Å². The first-order valence-corrected chi connectivity index (χ1v) is 10.7. The fourth-order valence-electron chi connectivity index (χ4n) is 2.97. The SMILES string of the molecule is O=C(O)CC(O)(CC(=O)O)C(=O)O.O=C(O)c1ccc(C(=O)OC(=O)c2ccc(C(=O)O)cc2C(=O)O)c(C(=O)O)c1. The number of hydrogen-bond acceptors (Lipinski definition) is 11. The van der Waals surface area contributed by atoms with E-state index < -0.39 is 106 Å². The van der Waals surface area contributed by atoms with Crippen LogP contribution in [0.15, 0.2) is 36.4 Å². The number of aliphatic hydroxyl groups is 1. The van der Waals surface area contributed by atoms with Crippen molar-refractivity contribution < 1.29 is 88.7 Å². The first-order chi connectivity index (χ1) is 19.3. The Morgan fingerprint density at radius 2 is 0.857 bits per heavy atom. The van der Waals surface area contributed by atoms with E-state index in [4.69, 9.17) is 40.9 Å². The molecule has 2 aromatic rings. The maximum absolute atomic E-state index is 12.2. The molecule has 0 atom stereocenters. The number of carbonyl (C=O) groups excluding carboxylic acids is 2. The molecule has 2 rings (SSSR count). The average Bonchev–Trinajstić information content (AvgIpc) is 2.86. The third-order valence-electron chi connectivity index (χ3n) is 4.90. The summed E-state index contributed by atoms with van der Waals surface area (Å²) >= 11 is 0. The standard InChI is InChI=1S/C18H10O11.C6H8O7/c19-13(20)7-1-3-9(11(5-7)15(23)24)17(27)29-18(28)10-4-2-8(14(21)22)6-12(10)16(25)26;7-3(8)1-6(13,5(11)12)2-4(9)10/h1-6H,(H,19,20)(H,21,22)(H,23,24)(H,25,26);13H,1-2H2,(H,7,8)(H,9,10)(H,11,12). The third kappa shape index (κ3) is 8.95. The predicted molar refractivity (Wildman–Crippen MR) is 128 cm³/mol. The summed E-state index contributed by atoms with van der Waals surface area (Å²) in [6.07, 6.45) is -2.29. The van der Waals surface area contributed by atoms with E-state index in [-0.39, 0.29) is 0 Å². The molecule has 0 aliphatic rings. The van der Waals surface area contributed by atoms with Crippen LogP contribution >= 0.6 is 0 Å². The van der Waals surface area contributed by atoms with Crippen molar-refractivity contribution in [1.29, 1.82) is 0 Å². The number of ether oxygens (including phenoxy) is 1. The normalized spacial score (nSPS) is 10.3. The number of esters is 2. The smallest absolute Gasteiger partial charge is 0.346 e. The number of benzene rings is 2. The molecule has 0 aliphatic carbocycles. The Balaban J connectivity index is 0.000000572. The lowest BCUT2D eigenvalue weighted by molar-refractivity contribution is -0.170. The Morgan fingerprint density at radius 3 is 1.10 bits per heavy atom. The van der Waals surface area contributed by atoms with Gasteiger partial charge in [0.2, 0.25) is 0 Å². The summed E-state index contributed by atoms with van der Waals surface area (Å²) in [4.78, 5) is 99.3. The summed E-state index contributed by atoms with van der Waals surface area (Å²) in [6, 6.07) is 4.87. The zero-order valence-electron chi connectivity index (χ0n) is 20.5. The van der Waals surface area contributed by atoms with Crippen LogP contribution in [-0.4, -0.2) is 100 Å². The van der Waals surface area contributed by atoms with E-state index in [1.54, 1.807) is 0 Å². The minimum Gasteiger partial charge on any atom is -0.481 e. The fraction of sp³-hybridized carbons (Fsp3) is 0.125. The molecule has 0 bridgehead atoms. The second-order valence-electron chi connectivity index (χ2n) is 7.90. The van der Waals surface area contributed by atoms with Crippen LogP contribution in [0.2, 0.25) is 0 Å². The zero-order chi connectivity index (χ0) is 32.5. The van der Waals surface area contributed by atoms with Gasteiger partial charge in [0.15, 0.2) is 5.60 Å². The van der Waals surface area contributed by atoms with E-state index in [9.17, 15) is 43.2 Å². The molecule has 222 valence electrons. The van der Waals surface area contributed by atoms with Gasteiger partial charge in [-0.2, -0.15) is 0 Å². The van der Waals surface area contributed by atoms with Crippen LogP contribution in [0.4, 0.5) is 0 Å². The average molecular weight is 594 g/mol. The van der Waals surface area contributed by atoms with E-state index >= 15 is 0 Å². The van der Waals surface area contributed by atoms with Crippen LogP contribution in [0, 0.1) is 0 Å².